The van der Waals surface area contributed by atoms with E-state index in [0.29, 0.717) is 5.56 Å². The van der Waals surface area contributed by atoms with E-state index in [1.165, 1.54) is 12.1 Å². The van der Waals surface area contributed by atoms with Crippen LogP contribution in [-0.4, -0.2) is 52.6 Å². The van der Waals surface area contributed by atoms with Gasteiger partial charge in [-0.2, -0.15) is 5.10 Å². The first-order valence-electron chi connectivity index (χ1n) is 7.19. The Kier molecular flexibility index (Phi) is 4.09. The third kappa shape index (κ3) is 3.28. The van der Waals surface area contributed by atoms with Gasteiger partial charge in [-0.25, -0.2) is 4.98 Å². The molecule has 6 heteroatoms. The Balaban J connectivity index is 1.59. The Morgan fingerprint density at radius 2 is 1.86 bits per heavy atom. The number of piperazine rings is 1. The monoisotopic (exact) mass is 298 g/mol. The molecule has 0 amide bonds. The number of benzene rings is 1. The molecule has 2 N–H and O–H groups in total. The van der Waals surface area contributed by atoms with E-state index in [-0.39, 0.29) is 11.5 Å². The molecule has 1 aromatic heterocycles. The summed E-state index contributed by atoms with van der Waals surface area (Å²) in [5, 5.41) is 25.3. The number of hydrogen-bond donors (Lipinski definition) is 2. The predicted molar refractivity (Wildman–Crippen MR) is 85.4 cm³/mol. The van der Waals surface area contributed by atoms with Crippen molar-refractivity contribution in [3.05, 3.63) is 48.2 Å². The Bertz CT molecular complexity index is 652. The van der Waals surface area contributed by atoms with Crippen LogP contribution in [0.3, 0.4) is 0 Å². The normalized spacial score (nSPS) is 15.5. The second-order valence-electron chi connectivity index (χ2n) is 5.12. The number of nitrogens with zero attached hydrogens (tertiary/aromatic N) is 4. The van der Waals surface area contributed by atoms with Crippen LogP contribution in [0, 0.1) is 0 Å². The van der Waals surface area contributed by atoms with Crippen LogP contribution in [0.5, 0.6) is 11.5 Å². The average Bonchev–Trinajstić information content (AvgIpc) is 2.55. The van der Waals surface area contributed by atoms with Crippen LogP contribution in [0.15, 0.2) is 47.7 Å². The van der Waals surface area contributed by atoms with E-state index in [1.807, 2.05) is 23.2 Å². The van der Waals surface area contributed by atoms with Gasteiger partial charge in [0.2, 0.25) is 0 Å². The number of hydrogen-bond acceptors (Lipinski definition) is 6. The summed E-state index contributed by atoms with van der Waals surface area (Å²) in [5.74, 6) is 1.05. The highest BCUT2D eigenvalue weighted by Gasteiger charge is 2.16. The van der Waals surface area contributed by atoms with E-state index in [1.54, 1.807) is 18.5 Å². The topological polar surface area (TPSA) is 72.2 Å². The number of rotatable bonds is 3. The van der Waals surface area contributed by atoms with Gasteiger partial charge in [-0.05, 0) is 24.3 Å². The second-order valence-corrected chi connectivity index (χ2v) is 5.12. The Morgan fingerprint density at radius 3 is 2.55 bits per heavy atom. The quantitative estimate of drug-likeness (QED) is 0.843. The summed E-state index contributed by atoms with van der Waals surface area (Å²) in [6.07, 6.45) is 3.42. The predicted octanol–water partition coefficient (Wildman–Crippen LogP) is 1.65. The minimum atomic E-state index is 0.0240. The summed E-state index contributed by atoms with van der Waals surface area (Å²) < 4.78 is 0. The van der Waals surface area contributed by atoms with Gasteiger partial charge >= 0.3 is 0 Å². The Hall–Kier alpha value is -2.76. The zero-order valence-corrected chi connectivity index (χ0v) is 12.1. The molecule has 3 rings (SSSR count). The van der Waals surface area contributed by atoms with Crippen LogP contribution in [-0.2, 0) is 0 Å². The number of aromatic nitrogens is 1. The van der Waals surface area contributed by atoms with E-state index in [4.69, 9.17) is 0 Å². The first kappa shape index (κ1) is 14.2. The molecule has 0 atom stereocenters. The molecule has 0 aliphatic carbocycles. The number of anilines is 1. The van der Waals surface area contributed by atoms with Crippen molar-refractivity contribution in [2.45, 2.75) is 0 Å². The molecule has 22 heavy (non-hydrogen) atoms. The number of pyridine rings is 1. The largest absolute Gasteiger partial charge is 0.508 e. The summed E-state index contributed by atoms with van der Waals surface area (Å²) in [4.78, 5) is 6.58. The zero-order chi connectivity index (χ0) is 15.4. The first-order chi connectivity index (χ1) is 10.7. The fourth-order valence-electron chi connectivity index (χ4n) is 2.37. The second kappa shape index (κ2) is 6.34. The molecule has 0 unspecified atom stereocenters. The van der Waals surface area contributed by atoms with Crippen molar-refractivity contribution in [1.82, 2.24) is 9.99 Å². The summed E-state index contributed by atoms with van der Waals surface area (Å²) >= 11 is 0. The van der Waals surface area contributed by atoms with E-state index in [2.05, 4.69) is 15.0 Å². The summed E-state index contributed by atoms with van der Waals surface area (Å²) in [5.41, 5.74) is 0.588. The van der Waals surface area contributed by atoms with Crippen LogP contribution < -0.4 is 4.90 Å². The molecule has 2 heterocycles. The molecule has 0 bridgehead atoms. The van der Waals surface area contributed by atoms with Crippen molar-refractivity contribution in [3.8, 4) is 11.5 Å². The minimum absolute atomic E-state index is 0.0240. The van der Waals surface area contributed by atoms with E-state index < -0.39 is 0 Å². The summed E-state index contributed by atoms with van der Waals surface area (Å²) in [6, 6.07) is 10.4. The van der Waals surface area contributed by atoms with Gasteiger partial charge in [0.25, 0.3) is 0 Å². The lowest BCUT2D eigenvalue weighted by molar-refractivity contribution is 0.271. The SMILES string of the molecule is Oc1ccc(/C=N\N2CCN(c3ccccn3)CC2)c(O)c1. The molecule has 1 aliphatic rings. The minimum Gasteiger partial charge on any atom is -0.508 e. The van der Waals surface area contributed by atoms with E-state index in [9.17, 15) is 10.2 Å². The van der Waals surface area contributed by atoms with E-state index in [0.717, 1.165) is 32.0 Å². The fraction of sp³-hybridized carbons (Fsp3) is 0.250. The van der Waals surface area contributed by atoms with Gasteiger partial charge in [0.1, 0.15) is 17.3 Å². The van der Waals surface area contributed by atoms with E-state index >= 15 is 0 Å². The highest BCUT2D eigenvalue weighted by molar-refractivity contribution is 5.83. The van der Waals surface area contributed by atoms with Crippen LogP contribution in [0.1, 0.15) is 5.56 Å². The number of hydrazone groups is 1. The highest BCUT2D eigenvalue weighted by atomic mass is 16.3. The molecule has 0 radical (unpaired) electrons. The van der Waals surface area contributed by atoms with Crippen molar-refractivity contribution in [1.29, 1.82) is 0 Å². The van der Waals surface area contributed by atoms with Crippen molar-refractivity contribution >= 4 is 12.0 Å². The third-order valence-electron chi connectivity index (χ3n) is 3.60. The lowest BCUT2D eigenvalue weighted by atomic mass is 10.2. The maximum atomic E-state index is 9.73. The molecule has 114 valence electrons. The molecule has 2 aromatic rings. The standard InChI is InChI=1S/C16H18N4O2/c21-14-5-4-13(15(22)11-14)12-18-20-9-7-19(8-10-20)16-3-1-2-6-17-16/h1-6,11-12,21-22H,7-10H2/b18-12-. The molecular formula is C16H18N4O2. The fourth-order valence-corrected chi connectivity index (χ4v) is 2.37. The van der Waals surface area contributed by atoms with Gasteiger partial charge in [-0.15, -0.1) is 0 Å². The smallest absolute Gasteiger partial charge is 0.128 e. The highest BCUT2D eigenvalue weighted by Crippen LogP contribution is 2.21. The first-order valence-corrected chi connectivity index (χ1v) is 7.19. The molecule has 0 saturated carbocycles. The van der Waals surface area contributed by atoms with Gasteiger partial charge in [-0.1, -0.05) is 6.07 Å². The van der Waals surface area contributed by atoms with Gasteiger partial charge in [0.05, 0.1) is 19.3 Å². The Labute approximate surface area is 129 Å². The van der Waals surface area contributed by atoms with Gasteiger partial charge in [0, 0.05) is 30.9 Å². The zero-order valence-electron chi connectivity index (χ0n) is 12.1. The summed E-state index contributed by atoms with van der Waals surface area (Å²) in [6.45, 7) is 3.31. The van der Waals surface area contributed by atoms with Crippen molar-refractivity contribution in [2.24, 2.45) is 5.10 Å². The lowest BCUT2D eigenvalue weighted by Gasteiger charge is -2.33. The molecular weight excluding hydrogens is 280 g/mol. The average molecular weight is 298 g/mol. The van der Waals surface area contributed by atoms with Crippen LogP contribution >= 0.6 is 0 Å². The van der Waals surface area contributed by atoms with Crippen molar-refractivity contribution < 1.29 is 10.2 Å². The Morgan fingerprint density at radius 1 is 1.05 bits per heavy atom. The molecule has 1 fully saturated rings. The van der Waals surface area contributed by atoms with Crippen molar-refractivity contribution in [2.75, 3.05) is 31.1 Å². The number of phenolic OH excluding ortho intramolecular Hbond substituents is 2. The molecule has 1 aliphatic heterocycles. The molecule has 1 saturated heterocycles. The molecule has 1 aromatic carbocycles. The maximum Gasteiger partial charge on any atom is 0.128 e. The lowest BCUT2D eigenvalue weighted by Crippen LogP contribution is -2.44. The van der Waals surface area contributed by atoms with Crippen LogP contribution in [0.4, 0.5) is 5.82 Å². The maximum absolute atomic E-state index is 9.73. The molecule has 6 nitrogen and oxygen atoms in total. The van der Waals surface area contributed by atoms with Gasteiger partial charge in [0.15, 0.2) is 0 Å². The molecule has 0 spiro atoms. The van der Waals surface area contributed by atoms with Crippen molar-refractivity contribution in [3.63, 3.8) is 0 Å². The number of phenols is 2. The number of aromatic hydroxyl groups is 2. The van der Waals surface area contributed by atoms with Crippen LogP contribution in [0.2, 0.25) is 0 Å². The summed E-state index contributed by atoms with van der Waals surface area (Å²) in [7, 11) is 0. The third-order valence-corrected chi connectivity index (χ3v) is 3.60. The van der Waals surface area contributed by atoms with Gasteiger partial charge < -0.3 is 15.1 Å². The van der Waals surface area contributed by atoms with Crippen LogP contribution in [0.25, 0.3) is 0 Å². The van der Waals surface area contributed by atoms with Gasteiger partial charge in [-0.3, -0.25) is 5.01 Å².